The Kier molecular flexibility index (Phi) is 3.97. The van der Waals surface area contributed by atoms with Gasteiger partial charge in [0.1, 0.15) is 12.2 Å². The molecule has 0 amide bonds. The lowest BCUT2D eigenvalue weighted by atomic mass is 9.91. The van der Waals surface area contributed by atoms with Crippen LogP contribution in [-0.4, -0.2) is 44.1 Å². The first-order valence-electron chi connectivity index (χ1n) is 6.03. The van der Waals surface area contributed by atoms with Gasteiger partial charge in [0, 0.05) is 0 Å². The summed E-state index contributed by atoms with van der Waals surface area (Å²) in [7, 11) is 0. The third kappa shape index (κ3) is 2.38. The van der Waals surface area contributed by atoms with Gasteiger partial charge in [0.05, 0.1) is 12.8 Å². The summed E-state index contributed by atoms with van der Waals surface area (Å²) in [6.07, 6.45) is -3.24. The van der Waals surface area contributed by atoms with Crippen LogP contribution in [0.25, 0.3) is 0 Å². The molecule has 5 N–H and O–H groups in total. The van der Waals surface area contributed by atoms with Gasteiger partial charge in [0.2, 0.25) is 5.82 Å². The average molecular weight is 299 g/mol. The summed E-state index contributed by atoms with van der Waals surface area (Å²) >= 11 is 0. The lowest BCUT2D eigenvalue weighted by Crippen LogP contribution is -2.55. The van der Waals surface area contributed by atoms with Crippen molar-refractivity contribution in [3.8, 4) is 11.8 Å². The number of aliphatic hydroxyl groups excluding tert-OH is 2. The minimum atomic E-state index is -1.74. The van der Waals surface area contributed by atoms with Gasteiger partial charge in [-0.1, -0.05) is 5.92 Å². The highest BCUT2D eigenvalue weighted by Gasteiger charge is 2.54. The number of aromatic nitrogens is 2. The number of ether oxygens (including phenoxy) is 1. The Morgan fingerprint density at radius 2 is 2.29 bits per heavy atom. The Morgan fingerprint density at radius 3 is 2.86 bits per heavy atom. The minimum absolute atomic E-state index is 0.567. The van der Waals surface area contributed by atoms with E-state index in [4.69, 9.17) is 15.6 Å². The van der Waals surface area contributed by atoms with E-state index in [1.807, 2.05) is 0 Å². The molecule has 0 aromatic carbocycles. The third-order valence-corrected chi connectivity index (χ3v) is 3.25. The molecular formula is C12H14FN3O5. The topological polar surface area (TPSA) is 131 Å². The molecule has 0 spiro atoms. The zero-order chi connectivity index (χ0) is 15.8. The number of hydrogen-bond donors (Lipinski definition) is 4. The van der Waals surface area contributed by atoms with Crippen LogP contribution in [0.4, 0.5) is 4.39 Å². The first-order valence-corrected chi connectivity index (χ1v) is 6.03. The van der Waals surface area contributed by atoms with Crippen molar-refractivity contribution in [2.75, 3.05) is 6.61 Å². The smallest absolute Gasteiger partial charge is 0.330 e. The van der Waals surface area contributed by atoms with Crippen molar-refractivity contribution in [1.29, 1.82) is 0 Å². The van der Waals surface area contributed by atoms with E-state index in [2.05, 4.69) is 11.8 Å². The summed E-state index contributed by atoms with van der Waals surface area (Å²) in [6, 6.07) is 0. The van der Waals surface area contributed by atoms with Crippen molar-refractivity contribution in [3.05, 3.63) is 32.9 Å². The molecule has 4 atom stereocenters. The molecule has 9 heteroatoms. The first kappa shape index (κ1) is 15.4. The van der Waals surface area contributed by atoms with Crippen molar-refractivity contribution in [2.24, 2.45) is 5.73 Å². The largest absolute Gasteiger partial charge is 0.394 e. The number of nitrogens with two attached hydrogens (primary N) is 1. The number of H-pyrrole nitrogens is 1. The maximum absolute atomic E-state index is 13.4. The standard InChI is InChI=1S/C12H14FN3O5/c1-2-3-12(14)8(18)7(5-17)21-10(12)16-4-6(13)9(19)15-11(16)20/h4,7-8,10,17-18H,5,14H2,1H3,(H,15,19,20)/t7-,8?,10-,12-/m1/s1. The predicted molar refractivity (Wildman–Crippen MR) is 68.7 cm³/mol. The summed E-state index contributed by atoms with van der Waals surface area (Å²) in [5.41, 5.74) is 2.09. The second kappa shape index (κ2) is 5.42. The summed E-state index contributed by atoms with van der Waals surface area (Å²) in [6.45, 7) is 0.892. The second-order valence-corrected chi connectivity index (χ2v) is 4.61. The van der Waals surface area contributed by atoms with Crippen LogP contribution in [0.5, 0.6) is 0 Å². The van der Waals surface area contributed by atoms with Gasteiger partial charge < -0.3 is 20.7 Å². The fourth-order valence-corrected chi connectivity index (χ4v) is 2.23. The molecule has 1 fully saturated rings. The van der Waals surface area contributed by atoms with E-state index < -0.39 is 47.6 Å². The predicted octanol–water partition coefficient (Wildman–Crippen LogP) is -2.35. The van der Waals surface area contributed by atoms with Crippen molar-refractivity contribution < 1.29 is 19.3 Å². The van der Waals surface area contributed by atoms with Gasteiger partial charge in [0.25, 0.3) is 5.56 Å². The zero-order valence-corrected chi connectivity index (χ0v) is 11.0. The summed E-state index contributed by atoms with van der Waals surface area (Å²) < 4.78 is 19.4. The Bertz CT molecular complexity index is 718. The van der Waals surface area contributed by atoms with Gasteiger partial charge in [-0.2, -0.15) is 4.39 Å². The quantitative estimate of drug-likeness (QED) is 0.452. The fraction of sp³-hybridized carbons (Fsp3) is 0.500. The molecule has 1 saturated heterocycles. The molecule has 0 radical (unpaired) electrons. The van der Waals surface area contributed by atoms with Gasteiger partial charge >= 0.3 is 5.69 Å². The van der Waals surface area contributed by atoms with Gasteiger partial charge in [-0.05, 0) is 6.92 Å². The van der Waals surface area contributed by atoms with Crippen LogP contribution in [0.2, 0.25) is 0 Å². The Balaban J connectivity index is 2.60. The molecule has 1 aromatic heterocycles. The number of aliphatic hydroxyl groups is 2. The number of nitrogens with one attached hydrogen (secondary N) is 1. The molecule has 0 bridgehead atoms. The van der Waals surface area contributed by atoms with Crippen molar-refractivity contribution >= 4 is 0 Å². The number of aromatic amines is 1. The molecule has 114 valence electrons. The first-order chi connectivity index (χ1) is 9.85. The maximum Gasteiger partial charge on any atom is 0.330 e. The number of halogens is 1. The summed E-state index contributed by atoms with van der Waals surface area (Å²) in [4.78, 5) is 24.6. The maximum atomic E-state index is 13.4. The fourth-order valence-electron chi connectivity index (χ4n) is 2.23. The van der Waals surface area contributed by atoms with Crippen molar-refractivity contribution in [1.82, 2.24) is 9.55 Å². The van der Waals surface area contributed by atoms with E-state index in [-0.39, 0.29) is 0 Å². The van der Waals surface area contributed by atoms with Crippen LogP contribution < -0.4 is 17.0 Å². The molecule has 8 nitrogen and oxygen atoms in total. The highest BCUT2D eigenvalue weighted by Crippen LogP contribution is 2.35. The summed E-state index contributed by atoms with van der Waals surface area (Å²) in [5.74, 6) is 3.79. The van der Waals surface area contributed by atoms with Crippen LogP contribution in [-0.2, 0) is 4.74 Å². The highest BCUT2D eigenvalue weighted by molar-refractivity contribution is 5.25. The number of nitrogens with zero attached hydrogens (tertiary/aromatic N) is 1. The Labute approximate surface area is 118 Å². The SMILES string of the molecule is CC#C[C@@]1(N)C(O)[C@@H](CO)O[C@H]1n1cc(F)c(=O)[nH]c1=O. The highest BCUT2D eigenvalue weighted by atomic mass is 19.1. The lowest BCUT2D eigenvalue weighted by molar-refractivity contribution is -0.0480. The molecule has 1 aromatic rings. The van der Waals surface area contributed by atoms with Crippen LogP contribution in [0.3, 0.4) is 0 Å². The molecule has 2 rings (SSSR count). The van der Waals surface area contributed by atoms with Gasteiger partial charge in [-0.15, -0.1) is 5.92 Å². The number of hydrogen-bond acceptors (Lipinski definition) is 6. The molecular weight excluding hydrogens is 285 g/mol. The minimum Gasteiger partial charge on any atom is -0.394 e. The molecule has 0 saturated carbocycles. The Morgan fingerprint density at radius 1 is 1.62 bits per heavy atom. The normalized spacial score (nSPS) is 31.8. The van der Waals surface area contributed by atoms with Crippen LogP contribution in [0, 0.1) is 17.7 Å². The van der Waals surface area contributed by atoms with Gasteiger partial charge in [-0.25, -0.2) is 4.79 Å². The van der Waals surface area contributed by atoms with Gasteiger partial charge in [-0.3, -0.25) is 14.3 Å². The van der Waals surface area contributed by atoms with E-state index in [1.54, 1.807) is 4.98 Å². The molecule has 1 unspecified atom stereocenters. The van der Waals surface area contributed by atoms with Crippen LogP contribution in [0.15, 0.2) is 15.8 Å². The van der Waals surface area contributed by atoms with Crippen molar-refractivity contribution in [2.45, 2.75) is 30.9 Å². The average Bonchev–Trinajstić information content (AvgIpc) is 2.67. The third-order valence-electron chi connectivity index (χ3n) is 3.25. The monoisotopic (exact) mass is 299 g/mol. The molecule has 0 aliphatic carbocycles. The van der Waals surface area contributed by atoms with Crippen LogP contribution >= 0.6 is 0 Å². The van der Waals surface area contributed by atoms with E-state index >= 15 is 0 Å². The Hall–Kier alpha value is -1.99. The molecule has 2 heterocycles. The van der Waals surface area contributed by atoms with Crippen molar-refractivity contribution in [3.63, 3.8) is 0 Å². The molecule has 21 heavy (non-hydrogen) atoms. The number of rotatable bonds is 2. The zero-order valence-electron chi connectivity index (χ0n) is 11.0. The van der Waals surface area contributed by atoms with E-state index in [0.29, 0.717) is 10.8 Å². The van der Waals surface area contributed by atoms with Gasteiger partial charge in [0.15, 0.2) is 11.8 Å². The summed E-state index contributed by atoms with van der Waals surface area (Å²) in [5, 5.41) is 19.3. The van der Waals surface area contributed by atoms with E-state index in [9.17, 15) is 19.1 Å². The van der Waals surface area contributed by atoms with E-state index in [0.717, 1.165) is 0 Å². The second-order valence-electron chi connectivity index (χ2n) is 4.61. The van der Waals surface area contributed by atoms with E-state index in [1.165, 1.54) is 6.92 Å². The van der Waals surface area contributed by atoms with Crippen LogP contribution in [0.1, 0.15) is 13.2 Å². The molecule has 1 aliphatic rings. The molecule has 1 aliphatic heterocycles. The lowest BCUT2D eigenvalue weighted by Gasteiger charge is -2.27.